The zero-order valence-electron chi connectivity index (χ0n) is 16.0. The van der Waals surface area contributed by atoms with Gasteiger partial charge in [-0.25, -0.2) is 0 Å². The molecule has 132 valence electrons. The lowest BCUT2D eigenvalue weighted by molar-refractivity contribution is 0.450. The van der Waals surface area contributed by atoms with Crippen molar-refractivity contribution >= 4 is 24.3 Å². The predicted molar refractivity (Wildman–Crippen MR) is 110 cm³/mol. The molecule has 0 spiro atoms. The molecule has 4 heteroatoms. The molecule has 1 aromatic heterocycles. The zero-order valence-corrected chi connectivity index (χ0v) is 17.0. The molecule has 0 atom stereocenters. The number of aromatic nitrogens is 1. The van der Waals surface area contributed by atoms with Crippen molar-refractivity contribution in [2.24, 2.45) is 0 Å². The summed E-state index contributed by atoms with van der Waals surface area (Å²) in [4.78, 5) is 0. The minimum Gasteiger partial charge on any atom is -0.508 e. The maximum absolute atomic E-state index is 11.0. The summed E-state index contributed by atoms with van der Waals surface area (Å²) in [6.07, 6.45) is 2.12. The van der Waals surface area contributed by atoms with Crippen LogP contribution in [0.2, 0.25) is 13.1 Å². The lowest BCUT2D eigenvalue weighted by Gasteiger charge is -2.38. The van der Waals surface area contributed by atoms with Gasteiger partial charge >= 0.3 is 0 Å². The molecule has 2 aromatic carbocycles. The number of phenolic OH excluding ortho intramolecular Hbond substituents is 1. The second-order valence-corrected chi connectivity index (χ2v) is 12.6. The lowest BCUT2D eigenvalue weighted by Crippen LogP contribution is -2.61. The number of fused-ring (bicyclic) bond motifs is 1. The summed E-state index contributed by atoms with van der Waals surface area (Å²) in [5.41, 5.74) is 2.12. The van der Waals surface area contributed by atoms with Crippen molar-refractivity contribution in [3.05, 3.63) is 60.3 Å². The monoisotopic (exact) mass is 352 g/mol. The van der Waals surface area contributed by atoms with Gasteiger partial charge < -0.3 is 9.78 Å². The molecule has 0 fully saturated rings. The number of hydrogen-bond donors (Lipinski definition) is 1. The molecular formula is C21H28N2OSi. The van der Waals surface area contributed by atoms with E-state index in [0.29, 0.717) is 5.75 Å². The maximum Gasteiger partial charge on any atom is 0.204 e. The molecular weight excluding hydrogens is 324 g/mol. The van der Waals surface area contributed by atoms with Crippen molar-refractivity contribution in [3.8, 4) is 5.75 Å². The average molecular weight is 353 g/mol. The van der Waals surface area contributed by atoms with E-state index in [1.54, 1.807) is 0 Å². The van der Waals surface area contributed by atoms with E-state index < -0.39 is 8.24 Å². The molecule has 0 saturated heterocycles. The SMILES string of the molecule is CN(n1ccc2ccccc21)[Si](C)(C)c1cccc(C(C)(C)C)c1O. The van der Waals surface area contributed by atoms with Crippen LogP contribution in [0.15, 0.2) is 54.7 Å². The Kier molecular flexibility index (Phi) is 4.19. The van der Waals surface area contributed by atoms with Crippen molar-refractivity contribution in [2.45, 2.75) is 39.3 Å². The number of para-hydroxylation sites is 2. The van der Waals surface area contributed by atoms with E-state index >= 15 is 0 Å². The van der Waals surface area contributed by atoms with Gasteiger partial charge in [0.15, 0.2) is 0 Å². The molecule has 0 aliphatic carbocycles. The molecule has 3 nitrogen and oxygen atoms in total. The van der Waals surface area contributed by atoms with Gasteiger partial charge in [-0.05, 0) is 36.2 Å². The zero-order chi connectivity index (χ0) is 18.4. The van der Waals surface area contributed by atoms with Gasteiger partial charge in [-0.2, -0.15) is 0 Å². The molecule has 0 aliphatic rings. The van der Waals surface area contributed by atoms with E-state index in [0.717, 1.165) is 10.8 Å². The molecule has 0 bridgehead atoms. The fourth-order valence-electron chi connectivity index (χ4n) is 3.42. The summed E-state index contributed by atoms with van der Waals surface area (Å²) in [6, 6.07) is 16.7. The van der Waals surface area contributed by atoms with Gasteiger partial charge in [-0.1, -0.05) is 57.2 Å². The van der Waals surface area contributed by atoms with Crippen molar-refractivity contribution < 1.29 is 5.11 Å². The Morgan fingerprint density at radius 3 is 2.32 bits per heavy atom. The quantitative estimate of drug-likeness (QED) is 0.711. The molecule has 0 radical (unpaired) electrons. The topological polar surface area (TPSA) is 28.4 Å². The third-order valence-electron chi connectivity index (χ3n) is 5.21. The predicted octanol–water partition coefficient (Wildman–Crippen LogP) is 4.32. The Bertz CT molecular complexity index is 906. The van der Waals surface area contributed by atoms with E-state index in [1.165, 1.54) is 10.9 Å². The van der Waals surface area contributed by atoms with Gasteiger partial charge in [-0.15, -0.1) is 0 Å². The molecule has 25 heavy (non-hydrogen) atoms. The summed E-state index contributed by atoms with van der Waals surface area (Å²) in [6.45, 7) is 11.0. The normalized spacial score (nSPS) is 12.6. The summed E-state index contributed by atoms with van der Waals surface area (Å²) in [5, 5.41) is 13.3. The molecule has 0 unspecified atom stereocenters. The molecule has 0 saturated carbocycles. The standard InChI is InChI=1S/C21H28N2OSi/c1-21(2,3)17-11-9-13-19(20(17)24)25(5,6)22(4)23-15-14-16-10-7-8-12-18(16)23/h7-15,24H,1-6H3. The number of hydrogen-bond acceptors (Lipinski definition) is 2. The highest BCUT2D eigenvalue weighted by molar-refractivity contribution is 6.92. The van der Waals surface area contributed by atoms with E-state index in [2.05, 4.69) is 98.9 Å². The van der Waals surface area contributed by atoms with Crippen molar-refractivity contribution in [2.75, 3.05) is 11.7 Å². The van der Waals surface area contributed by atoms with Gasteiger partial charge in [0.25, 0.3) is 0 Å². The lowest BCUT2D eigenvalue weighted by atomic mass is 9.86. The van der Waals surface area contributed by atoms with E-state index in [4.69, 9.17) is 0 Å². The van der Waals surface area contributed by atoms with Crippen LogP contribution >= 0.6 is 0 Å². The first kappa shape index (κ1) is 17.6. The highest BCUT2D eigenvalue weighted by atomic mass is 28.3. The van der Waals surface area contributed by atoms with Gasteiger partial charge in [0, 0.05) is 23.8 Å². The van der Waals surface area contributed by atoms with Crippen LogP contribution < -0.4 is 9.86 Å². The Hall–Kier alpha value is -2.20. The molecule has 3 aromatic rings. The third-order valence-corrected chi connectivity index (χ3v) is 8.77. The summed E-state index contributed by atoms with van der Waals surface area (Å²) in [7, 11) is 0.0138. The van der Waals surface area contributed by atoms with Crippen molar-refractivity contribution in [3.63, 3.8) is 0 Å². The minimum absolute atomic E-state index is 0.0801. The van der Waals surface area contributed by atoms with Crippen LogP contribution in [-0.2, 0) is 5.41 Å². The van der Waals surface area contributed by atoms with E-state index in [1.807, 2.05) is 6.07 Å². The van der Waals surface area contributed by atoms with Gasteiger partial charge in [0.1, 0.15) is 5.75 Å². The summed E-state index contributed by atoms with van der Waals surface area (Å²) >= 11 is 0. The largest absolute Gasteiger partial charge is 0.508 e. The summed E-state index contributed by atoms with van der Waals surface area (Å²) < 4.78 is 4.53. The second kappa shape index (κ2) is 5.95. The fourth-order valence-corrected chi connectivity index (χ4v) is 5.70. The first-order chi connectivity index (χ1) is 11.6. The highest BCUT2D eigenvalue weighted by Gasteiger charge is 2.35. The average Bonchev–Trinajstić information content (AvgIpc) is 2.96. The number of benzene rings is 2. The first-order valence-corrected chi connectivity index (χ1v) is 11.7. The second-order valence-electron chi connectivity index (χ2n) is 8.25. The smallest absolute Gasteiger partial charge is 0.204 e. The number of nitrogens with zero attached hydrogens (tertiary/aromatic N) is 2. The van der Waals surface area contributed by atoms with Crippen molar-refractivity contribution in [1.82, 2.24) is 4.68 Å². The van der Waals surface area contributed by atoms with Crippen LogP contribution in [0.1, 0.15) is 26.3 Å². The highest BCUT2D eigenvalue weighted by Crippen LogP contribution is 2.31. The van der Waals surface area contributed by atoms with Crippen LogP contribution in [0.25, 0.3) is 10.9 Å². The Morgan fingerprint density at radius 1 is 0.960 bits per heavy atom. The summed E-state index contributed by atoms with van der Waals surface area (Å²) in [5.74, 6) is 0.454. The Labute approximate surface area is 151 Å². The number of phenols is 1. The van der Waals surface area contributed by atoms with Crippen LogP contribution in [0.5, 0.6) is 5.75 Å². The van der Waals surface area contributed by atoms with E-state index in [9.17, 15) is 5.11 Å². The molecule has 1 heterocycles. The minimum atomic E-state index is -2.11. The first-order valence-electron chi connectivity index (χ1n) is 8.77. The molecule has 1 N–H and O–H groups in total. The van der Waals surface area contributed by atoms with Crippen LogP contribution in [0.4, 0.5) is 0 Å². The van der Waals surface area contributed by atoms with Gasteiger partial charge in [0.05, 0.1) is 5.52 Å². The van der Waals surface area contributed by atoms with Crippen LogP contribution in [0, 0.1) is 0 Å². The van der Waals surface area contributed by atoms with Gasteiger partial charge in [0.2, 0.25) is 8.24 Å². The van der Waals surface area contributed by atoms with Crippen LogP contribution in [0.3, 0.4) is 0 Å². The number of aromatic hydroxyl groups is 1. The maximum atomic E-state index is 11.0. The van der Waals surface area contributed by atoms with Crippen LogP contribution in [-0.4, -0.2) is 25.1 Å². The molecule has 3 rings (SSSR count). The third kappa shape index (κ3) is 2.95. The molecule has 0 aliphatic heterocycles. The Morgan fingerprint density at radius 2 is 1.64 bits per heavy atom. The van der Waals surface area contributed by atoms with Crippen molar-refractivity contribution in [1.29, 1.82) is 0 Å². The number of rotatable bonds is 3. The fraction of sp³-hybridized carbons (Fsp3) is 0.333. The Balaban J connectivity index is 2.10. The van der Waals surface area contributed by atoms with Gasteiger partial charge in [-0.3, -0.25) is 4.68 Å². The van der Waals surface area contributed by atoms with E-state index in [-0.39, 0.29) is 5.41 Å². The molecule has 0 amide bonds.